The first kappa shape index (κ1) is 14.2. The van der Waals surface area contributed by atoms with Gasteiger partial charge in [-0.25, -0.2) is 4.79 Å². The fourth-order valence-corrected chi connectivity index (χ4v) is 2.48. The Balaban J connectivity index is 2.42. The number of rotatable bonds is 4. The quantitative estimate of drug-likeness (QED) is 0.850. The Bertz CT molecular complexity index is 640. The summed E-state index contributed by atoms with van der Waals surface area (Å²) >= 11 is 0. The Morgan fingerprint density at radius 3 is 2.75 bits per heavy atom. The van der Waals surface area contributed by atoms with Gasteiger partial charge in [-0.15, -0.1) is 0 Å². The number of carbonyl (C=O) groups excluding carboxylic acids is 1. The van der Waals surface area contributed by atoms with Crippen LogP contribution < -0.4 is 5.56 Å². The monoisotopic (exact) mass is 275 g/mol. The number of carboxylic acid groups (broad SMARTS) is 1. The molecule has 1 aromatic rings. The third kappa shape index (κ3) is 2.71. The van der Waals surface area contributed by atoms with E-state index in [-0.39, 0.29) is 23.5 Å². The van der Waals surface area contributed by atoms with Crippen LogP contribution in [0.1, 0.15) is 42.2 Å². The molecule has 0 unspecified atom stereocenters. The van der Waals surface area contributed by atoms with Crippen LogP contribution in [0.3, 0.4) is 0 Å². The standard InChI is InChI=1S/C15H17NO4/c1-2-10(15(19)20)8-9-16-12-4-3-5-13(17)11(12)6-7-14(16)18/h6-8H,2-5,9H2,1H3,(H,19,20)/b10-8-. The van der Waals surface area contributed by atoms with Crippen LogP contribution in [0.4, 0.5) is 0 Å². The molecule has 1 N–H and O–H groups in total. The van der Waals surface area contributed by atoms with E-state index in [1.54, 1.807) is 19.1 Å². The Labute approximate surface area is 116 Å². The third-order valence-electron chi connectivity index (χ3n) is 3.59. The Morgan fingerprint density at radius 2 is 2.10 bits per heavy atom. The number of nitrogens with zero attached hydrogens (tertiary/aromatic N) is 1. The van der Waals surface area contributed by atoms with Crippen molar-refractivity contribution < 1.29 is 14.7 Å². The van der Waals surface area contributed by atoms with Gasteiger partial charge in [-0.1, -0.05) is 13.0 Å². The molecule has 5 heteroatoms. The van der Waals surface area contributed by atoms with Crippen LogP contribution in [0.25, 0.3) is 0 Å². The first-order chi connectivity index (χ1) is 9.54. The third-order valence-corrected chi connectivity index (χ3v) is 3.59. The number of fused-ring (bicyclic) bond motifs is 1. The summed E-state index contributed by atoms with van der Waals surface area (Å²) in [5.74, 6) is -0.917. The number of carbonyl (C=O) groups is 2. The van der Waals surface area contributed by atoms with Gasteiger partial charge < -0.3 is 9.67 Å². The van der Waals surface area contributed by atoms with E-state index in [1.807, 2.05) is 0 Å². The van der Waals surface area contributed by atoms with E-state index in [0.717, 1.165) is 12.1 Å². The highest BCUT2D eigenvalue weighted by Crippen LogP contribution is 2.19. The van der Waals surface area contributed by atoms with Gasteiger partial charge in [-0.05, 0) is 25.3 Å². The van der Waals surface area contributed by atoms with Gasteiger partial charge in [-0.3, -0.25) is 9.59 Å². The lowest BCUT2D eigenvalue weighted by atomic mass is 9.94. The summed E-state index contributed by atoms with van der Waals surface area (Å²) in [6.45, 7) is 1.96. The largest absolute Gasteiger partial charge is 0.478 e. The molecule has 0 radical (unpaired) electrons. The smallest absolute Gasteiger partial charge is 0.331 e. The van der Waals surface area contributed by atoms with Crippen LogP contribution in [0.5, 0.6) is 0 Å². The lowest BCUT2D eigenvalue weighted by Crippen LogP contribution is -2.27. The number of allylic oxidation sites excluding steroid dienone is 1. The molecule has 0 amide bonds. The van der Waals surface area contributed by atoms with Gasteiger partial charge in [0.05, 0.1) is 0 Å². The van der Waals surface area contributed by atoms with Crippen LogP contribution in [-0.4, -0.2) is 21.4 Å². The maximum atomic E-state index is 11.9. The van der Waals surface area contributed by atoms with Crippen LogP contribution in [0.15, 0.2) is 28.6 Å². The molecular formula is C15H17NO4. The predicted molar refractivity (Wildman–Crippen MR) is 74.0 cm³/mol. The SMILES string of the molecule is CC/C(=C/Cn1c2c(ccc1=O)C(=O)CCC2)C(=O)O. The number of aromatic nitrogens is 1. The summed E-state index contributed by atoms with van der Waals surface area (Å²) in [7, 11) is 0. The van der Waals surface area contributed by atoms with Crippen LogP contribution in [0.2, 0.25) is 0 Å². The Hall–Kier alpha value is -2.17. The molecule has 0 aromatic carbocycles. The minimum absolute atomic E-state index is 0.0536. The molecule has 2 rings (SSSR count). The summed E-state index contributed by atoms with van der Waals surface area (Å²) in [6, 6.07) is 2.96. The van der Waals surface area contributed by atoms with Crippen molar-refractivity contribution in [3.8, 4) is 0 Å². The Kier molecular flexibility index (Phi) is 4.17. The van der Waals surface area contributed by atoms with Gasteiger partial charge in [0.25, 0.3) is 5.56 Å². The minimum Gasteiger partial charge on any atom is -0.478 e. The second-order valence-corrected chi connectivity index (χ2v) is 4.81. The summed E-state index contributed by atoms with van der Waals surface area (Å²) in [5.41, 5.74) is 1.40. The summed E-state index contributed by atoms with van der Waals surface area (Å²) in [4.78, 5) is 34.7. The molecule has 0 spiro atoms. The Morgan fingerprint density at radius 1 is 1.35 bits per heavy atom. The topological polar surface area (TPSA) is 76.4 Å². The molecule has 0 saturated carbocycles. The molecular weight excluding hydrogens is 258 g/mol. The molecule has 106 valence electrons. The number of carboxylic acids is 1. The van der Waals surface area contributed by atoms with Gasteiger partial charge in [0.15, 0.2) is 5.78 Å². The van der Waals surface area contributed by atoms with E-state index >= 15 is 0 Å². The number of hydrogen-bond donors (Lipinski definition) is 1. The molecule has 0 bridgehead atoms. The van der Waals surface area contributed by atoms with Crippen LogP contribution in [-0.2, 0) is 17.8 Å². The second-order valence-electron chi connectivity index (χ2n) is 4.81. The fourth-order valence-electron chi connectivity index (χ4n) is 2.48. The van der Waals surface area contributed by atoms with E-state index in [2.05, 4.69) is 0 Å². The average Bonchev–Trinajstić information content (AvgIpc) is 2.41. The van der Waals surface area contributed by atoms with Crippen molar-refractivity contribution in [2.75, 3.05) is 0 Å². The molecule has 0 fully saturated rings. The summed E-state index contributed by atoms with van der Waals surface area (Å²) in [5, 5.41) is 8.99. The molecule has 5 nitrogen and oxygen atoms in total. The number of aliphatic carboxylic acids is 1. The van der Waals surface area contributed by atoms with Crippen molar-refractivity contribution in [1.82, 2.24) is 4.57 Å². The summed E-state index contributed by atoms with van der Waals surface area (Å²) in [6.07, 6.45) is 3.87. The maximum Gasteiger partial charge on any atom is 0.331 e. The highest BCUT2D eigenvalue weighted by molar-refractivity contribution is 5.98. The number of ketones is 1. The zero-order chi connectivity index (χ0) is 14.7. The van der Waals surface area contributed by atoms with Gasteiger partial charge in [0.2, 0.25) is 0 Å². The zero-order valence-electron chi connectivity index (χ0n) is 11.4. The maximum absolute atomic E-state index is 11.9. The molecule has 0 saturated heterocycles. The molecule has 1 heterocycles. The number of hydrogen-bond acceptors (Lipinski definition) is 3. The van der Waals surface area contributed by atoms with Crippen LogP contribution >= 0.6 is 0 Å². The highest BCUT2D eigenvalue weighted by Gasteiger charge is 2.20. The van der Waals surface area contributed by atoms with Gasteiger partial charge in [0, 0.05) is 35.9 Å². The normalized spacial score (nSPS) is 15.1. The van der Waals surface area contributed by atoms with Crippen molar-refractivity contribution in [3.63, 3.8) is 0 Å². The van der Waals surface area contributed by atoms with Crippen molar-refractivity contribution >= 4 is 11.8 Å². The van der Waals surface area contributed by atoms with Crippen molar-refractivity contribution in [3.05, 3.63) is 45.4 Å². The first-order valence-electron chi connectivity index (χ1n) is 6.72. The van der Waals surface area contributed by atoms with E-state index in [1.165, 1.54) is 10.6 Å². The van der Waals surface area contributed by atoms with Crippen molar-refractivity contribution in [2.45, 2.75) is 39.2 Å². The number of Topliss-reactive ketones (excluding diaryl/α,β-unsaturated/α-hetero) is 1. The minimum atomic E-state index is -0.971. The van der Waals surface area contributed by atoms with Gasteiger partial charge >= 0.3 is 5.97 Å². The van der Waals surface area contributed by atoms with E-state index in [4.69, 9.17) is 5.11 Å². The predicted octanol–water partition coefficient (Wildman–Crippen LogP) is 1.79. The van der Waals surface area contributed by atoms with E-state index < -0.39 is 5.97 Å². The fraction of sp³-hybridized carbons (Fsp3) is 0.400. The van der Waals surface area contributed by atoms with Crippen molar-refractivity contribution in [1.29, 1.82) is 0 Å². The number of pyridine rings is 1. The molecule has 0 aliphatic heterocycles. The van der Waals surface area contributed by atoms with Gasteiger partial charge in [-0.2, -0.15) is 0 Å². The van der Waals surface area contributed by atoms with Crippen LogP contribution in [0, 0.1) is 0 Å². The molecule has 20 heavy (non-hydrogen) atoms. The molecule has 0 atom stereocenters. The zero-order valence-corrected chi connectivity index (χ0v) is 11.4. The molecule has 1 aliphatic carbocycles. The van der Waals surface area contributed by atoms with Gasteiger partial charge in [0.1, 0.15) is 0 Å². The average molecular weight is 275 g/mol. The van der Waals surface area contributed by atoms with E-state index in [9.17, 15) is 14.4 Å². The lowest BCUT2D eigenvalue weighted by Gasteiger charge is -2.19. The first-order valence-corrected chi connectivity index (χ1v) is 6.72. The highest BCUT2D eigenvalue weighted by atomic mass is 16.4. The van der Waals surface area contributed by atoms with Crippen molar-refractivity contribution in [2.24, 2.45) is 0 Å². The second kappa shape index (κ2) is 5.86. The summed E-state index contributed by atoms with van der Waals surface area (Å²) < 4.78 is 1.50. The van der Waals surface area contributed by atoms with E-state index in [0.29, 0.717) is 24.8 Å². The molecule has 1 aromatic heterocycles. The lowest BCUT2D eigenvalue weighted by molar-refractivity contribution is -0.132. The molecule has 1 aliphatic rings.